The number of ether oxygens (including phenoxy) is 3. The van der Waals surface area contributed by atoms with Crippen molar-refractivity contribution in [2.75, 3.05) is 27.4 Å². The van der Waals surface area contributed by atoms with Crippen molar-refractivity contribution in [2.24, 2.45) is 0 Å². The van der Waals surface area contributed by atoms with Gasteiger partial charge in [-0.05, 0) is 31.4 Å². The van der Waals surface area contributed by atoms with E-state index in [2.05, 4.69) is 5.32 Å². The van der Waals surface area contributed by atoms with Crippen LogP contribution in [0.1, 0.15) is 29.6 Å². The Hall–Kier alpha value is -1.75. The SMILES string of the molecule is COc1cc(OC)cc(C(=O)NCCC2CCCO2)c1. The number of hydrogen-bond donors (Lipinski definition) is 1. The second kappa shape index (κ2) is 7.14. The Morgan fingerprint density at radius 3 is 2.55 bits per heavy atom. The minimum absolute atomic E-state index is 0.125. The van der Waals surface area contributed by atoms with Crippen LogP contribution < -0.4 is 14.8 Å². The first-order valence-electron chi connectivity index (χ1n) is 6.86. The van der Waals surface area contributed by atoms with Gasteiger partial charge in [0.05, 0.1) is 20.3 Å². The predicted molar refractivity (Wildman–Crippen MR) is 75.5 cm³/mol. The van der Waals surface area contributed by atoms with Crippen LogP contribution in [0.3, 0.4) is 0 Å². The summed E-state index contributed by atoms with van der Waals surface area (Å²) in [6.45, 7) is 1.45. The highest BCUT2D eigenvalue weighted by molar-refractivity contribution is 5.95. The number of carbonyl (C=O) groups excluding carboxylic acids is 1. The highest BCUT2D eigenvalue weighted by Gasteiger charge is 2.16. The molecule has 5 nitrogen and oxygen atoms in total. The zero-order valence-electron chi connectivity index (χ0n) is 12.0. The van der Waals surface area contributed by atoms with Crippen LogP contribution in [0.5, 0.6) is 11.5 Å². The van der Waals surface area contributed by atoms with Crippen LogP contribution in [0, 0.1) is 0 Å². The molecular weight excluding hydrogens is 258 g/mol. The third-order valence-corrected chi connectivity index (χ3v) is 3.39. The van der Waals surface area contributed by atoms with Gasteiger partial charge in [0.25, 0.3) is 5.91 Å². The molecule has 1 unspecified atom stereocenters. The number of hydrogen-bond acceptors (Lipinski definition) is 4. The molecule has 110 valence electrons. The Morgan fingerprint density at radius 1 is 1.30 bits per heavy atom. The summed E-state index contributed by atoms with van der Waals surface area (Å²) < 4.78 is 15.8. The smallest absolute Gasteiger partial charge is 0.251 e. The molecule has 0 aliphatic carbocycles. The van der Waals surface area contributed by atoms with Crippen molar-refractivity contribution in [3.05, 3.63) is 23.8 Å². The summed E-state index contributed by atoms with van der Waals surface area (Å²) in [6.07, 6.45) is 3.34. The average molecular weight is 279 g/mol. The number of rotatable bonds is 6. The molecule has 1 aromatic rings. The summed E-state index contributed by atoms with van der Waals surface area (Å²) in [7, 11) is 3.13. The molecule has 5 heteroatoms. The van der Waals surface area contributed by atoms with Gasteiger partial charge in [-0.2, -0.15) is 0 Å². The number of methoxy groups -OCH3 is 2. The monoisotopic (exact) mass is 279 g/mol. The molecule has 0 aromatic heterocycles. The molecule has 1 heterocycles. The Bertz CT molecular complexity index is 433. The standard InChI is InChI=1S/C15H21NO4/c1-18-13-8-11(9-14(10-13)19-2)15(17)16-6-5-12-4-3-7-20-12/h8-10,12H,3-7H2,1-2H3,(H,16,17). The molecule has 2 rings (SSSR count). The normalized spacial score (nSPS) is 17.8. The summed E-state index contributed by atoms with van der Waals surface area (Å²) in [4.78, 5) is 12.1. The van der Waals surface area contributed by atoms with E-state index in [0.717, 1.165) is 25.9 Å². The molecule has 1 aliphatic rings. The van der Waals surface area contributed by atoms with E-state index < -0.39 is 0 Å². The van der Waals surface area contributed by atoms with E-state index in [-0.39, 0.29) is 12.0 Å². The summed E-state index contributed by atoms with van der Waals surface area (Å²) in [5, 5.41) is 2.90. The van der Waals surface area contributed by atoms with Crippen molar-refractivity contribution in [1.29, 1.82) is 0 Å². The van der Waals surface area contributed by atoms with Gasteiger partial charge in [-0.25, -0.2) is 0 Å². The zero-order valence-corrected chi connectivity index (χ0v) is 12.0. The third-order valence-electron chi connectivity index (χ3n) is 3.39. The molecule has 1 aromatic carbocycles. The van der Waals surface area contributed by atoms with E-state index in [1.807, 2.05) is 0 Å². The van der Waals surface area contributed by atoms with Crippen LogP contribution in [-0.4, -0.2) is 39.4 Å². The lowest BCUT2D eigenvalue weighted by molar-refractivity contribution is 0.0906. The molecule has 1 saturated heterocycles. The maximum Gasteiger partial charge on any atom is 0.251 e. The fourth-order valence-electron chi connectivity index (χ4n) is 2.26. The number of benzene rings is 1. The minimum Gasteiger partial charge on any atom is -0.497 e. The van der Waals surface area contributed by atoms with Crippen molar-refractivity contribution < 1.29 is 19.0 Å². The van der Waals surface area contributed by atoms with Gasteiger partial charge in [0.15, 0.2) is 0 Å². The molecule has 1 amide bonds. The van der Waals surface area contributed by atoms with Crippen LogP contribution in [-0.2, 0) is 4.74 Å². The lowest BCUT2D eigenvalue weighted by Crippen LogP contribution is -2.27. The van der Waals surface area contributed by atoms with Crippen molar-refractivity contribution in [3.63, 3.8) is 0 Å². The first-order chi connectivity index (χ1) is 9.72. The fraction of sp³-hybridized carbons (Fsp3) is 0.533. The van der Waals surface area contributed by atoms with Crippen LogP contribution in [0.15, 0.2) is 18.2 Å². The largest absolute Gasteiger partial charge is 0.497 e. The van der Waals surface area contributed by atoms with E-state index in [4.69, 9.17) is 14.2 Å². The van der Waals surface area contributed by atoms with Gasteiger partial charge in [0, 0.05) is 24.8 Å². The van der Waals surface area contributed by atoms with Gasteiger partial charge in [-0.15, -0.1) is 0 Å². The summed E-state index contributed by atoms with van der Waals surface area (Å²) in [5.41, 5.74) is 0.536. The third kappa shape index (κ3) is 3.87. The van der Waals surface area contributed by atoms with Gasteiger partial charge in [-0.3, -0.25) is 4.79 Å². The molecule has 1 N–H and O–H groups in total. The number of carbonyl (C=O) groups is 1. The van der Waals surface area contributed by atoms with Crippen molar-refractivity contribution in [1.82, 2.24) is 5.32 Å². The molecule has 0 spiro atoms. The molecule has 1 fully saturated rings. The first-order valence-corrected chi connectivity index (χ1v) is 6.86. The van der Waals surface area contributed by atoms with Crippen molar-refractivity contribution >= 4 is 5.91 Å². The predicted octanol–water partition coefficient (Wildman–Crippen LogP) is 2.00. The Morgan fingerprint density at radius 2 is 2.00 bits per heavy atom. The van der Waals surface area contributed by atoms with Crippen molar-refractivity contribution in [2.45, 2.75) is 25.4 Å². The molecular formula is C15H21NO4. The molecule has 0 radical (unpaired) electrons. The molecule has 1 atom stereocenters. The average Bonchev–Trinajstić information content (AvgIpc) is 2.99. The topological polar surface area (TPSA) is 56.8 Å². The Kier molecular flexibility index (Phi) is 5.24. The van der Waals surface area contributed by atoms with Crippen molar-refractivity contribution in [3.8, 4) is 11.5 Å². The molecule has 20 heavy (non-hydrogen) atoms. The van der Waals surface area contributed by atoms with Crippen LogP contribution in [0.4, 0.5) is 0 Å². The minimum atomic E-state index is -0.125. The molecule has 1 aliphatic heterocycles. The van der Waals surface area contributed by atoms with Crippen LogP contribution in [0.25, 0.3) is 0 Å². The molecule has 0 saturated carbocycles. The van der Waals surface area contributed by atoms with Gasteiger partial charge >= 0.3 is 0 Å². The van der Waals surface area contributed by atoms with Gasteiger partial charge in [-0.1, -0.05) is 0 Å². The highest BCUT2D eigenvalue weighted by Crippen LogP contribution is 2.22. The van der Waals surface area contributed by atoms with E-state index in [0.29, 0.717) is 23.6 Å². The quantitative estimate of drug-likeness (QED) is 0.865. The maximum atomic E-state index is 12.1. The van der Waals surface area contributed by atoms with E-state index >= 15 is 0 Å². The summed E-state index contributed by atoms with van der Waals surface area (Å²) >= 11 is 0. The van der Waals surface area contributed by atoms with Crippen LogP contribution >= 0.6 is 0 Å². The highest BCUT2D eigenvalue weighted by atomic mass is 16.5. The lowest BCUT2D eigenvalue weighted by atomic mass is 10.1. The van der Waals surface area contributed by atoms with Gasteiger partial charge < -0.3 is 19.5 Å². The van der Waals surface area contributed by atoms with E-state index in [1.165, 1.54) is 0 Å². The first kappa shape index (κ1) is 14.7. The maximum absolute atomic E-state index is 12.1. The van der Waals surface area contributed by atoms with Gasteiger partial charge in [0.1, 0.15) is 11.5 Å². The van der Waals surface area contributed by atoms with E-state index in [9.17, 15) is 4.79 Å². The number of amides is 1. The second-order valence-electron chi connectivity index (χ2n) is 4.78. The fourth-order valence-corrected chi connectivity index (χ4v) is 2.26. The lowest BCUT2D eigenvalue weighted by Gasteiger charge is -2.11. The second-order valence-corrected chi connectivity index (χ2v) is 4.78. The summed E-state index contributed by atoms with van der Waals surface area (Å²) in [6, 6.07) is 5.14. The molecule has 0 bridgehead atoms. The zero-order chi connectivity index (χ0) is 14.4. The Balaban J connectivity index is 1.90. The number of nitrogens with one attached hydrogen (secondary N) is 1. The van der Waals surface area contributed by atoms with E-state index in [1.54, 1.807) is 32.4 Å². The summed E-state index contributed by atoms with van der Waals surface area (Å²) in [5.74, 6) is 1.09. The Labute approximate surface area is 119 Å². The van der Waals surface area contributed by atoms with Crippen LogP contribution in [0.2, 0.25) is 0 Å². The van der Waals surface area contributed by atoms with Gasteiger partial charge in [0.2, 0.25) is 0 Å².